The summed E-state index contributed by atoms with van der Waals surface area (Å²) in [5.74, 6) is 0.700. The fourth-order valence-corrected chi connectivity index (χ4v) is 3.83. The van der Waals surface area contributed by atoms with Crippen LogP contribution in [0, 0.1) is 12.3 Å². The zero-order chi connectivity index (χ0) is 21.7. The van der Waals surface area contributed by atoms with Crippen molar-refractivity contribution in [1.82, 2.24) is 10.2 Å². The number of nitrogens with one attached hydrogen (secondary N) is 2. The van der Waals surface area contributed by atoms with Crippen LogP contribution in [0.1, 0.15) is 30.9 Å². The number of benzene rings is 2. The van der Waals surface area contributed by atoms with Crippen molar-refractivity contribution in [2.75, 3.05) is 25.5 Å². The van der Waals surface area contributed by atoms with Gasteiger partial charge in [0.1, 0.15) is 5.75 Å². The van der Waals surface area contributed by atoms with E-state index in [1.54, 1.807) is 18.1 Å². The molecule has 0 aliphatic carbocycles. The first-order valence-electron chi connectivity index (χ1n) is 10.0. The normalized spacial score (nSPS) is 18.6. The van der Waals surface area contributed by atoms with E-state index in [9.17, 15) is 9.59 Å². The zero-order valence-electron chi connectivity index (χ0n) is 17.6. The summed E-state index contributed by atoms with van der Waals surface area (Å²) in [7, 11) is 1.62. The molecule has 2 aromatic rings. The van der Waals surface area contributed by atoms with Gasteiger partial charge in [-0.25, -0.2) is 4.79 Å². The lowest BCUT2D eigenvalue weighted by atomic mass is 9.81. The number of carbonyl (C=O) groups excluding carboxylic acids is 2. The molecule has 3 amide bonds. The maximum atomic E-state index is 12.9. The SMILES string of the molecule is COc1cccc(CNC(=O)C2(C)CCCN(C(=O)Nc3ccc(C)c(Cl)c3)C2)c1. The Labute approximate surface area is 182 Å². The number of urea groups is 1. The quantitative estimate of drug-likeness (QED) is 0.729. The Hall–Kier alpha value is -2.73. The van der Waals surface area contributed by atoms with Crippen LogP contribution in [0.2, 0.25) is 5.02 Å². The third-order valence-electron chi connectivity index (χ3n) is 5.54. The molecule has 1 aliphatic rings. The van der Waals surface area contributed by atoms with E-state index in [1.165, 1.54) is 0 Å². The lowest BCUT2D eigenvalue weighted by molar-refractivity contribution is -0.132. The number of amides is 3. The number of nitrogens with zero attached hydrogens (tertiary/aromatic N) is 1. The lowest BCUT2D eigenvalue weighted by Crippen LogP contribution is -2.52. The van der Waals surface area contributed by atoms with Gasteiger partial charge in [0.25, 0.3) is 0 Å². The van der Waals surface area contributed by atoms with Gasteiger partial charge in [0, 0.05) is 30.3 Å². The van der Waals surface area contributed by atoms with E-state index in [4.69, 9.17) is 16.3 Å². The predicted octanol–water partition coefficient (Wildman–Crippen LogP) is 4.61. The zero-order valence-corrected chi connectivity index (χ0v) is 18.4. The maximum absolute atomic E-state index is 12.9. The van der Waals surface area contributed by atoms with Crippen LogP contribution in [0.25, 0.3) is 0 Å². The Balaban J connectivity index is 1.60. The van der Waals surface area contributed by atoms with Crippen LogP contribution >= 0.6 is 11.6 Å². The number of anilines is 1. The number of ether oxygens (including phenoxy) is 1. The molecule has 2 aromatic carbocycles. The Kier molecular flexibility index (Phi) is 6.87. The van der Waals surface area contributed by atoms with Gasteiger partial charge in [-0.2, -0.15) is 0 Å². The topological polar surface area (TPSA) is 70.7 Å². The van der Waals surface area contributed by atoms with Crippen LogP contribution in [-0.2, 0) is 11.3 Å². The van der Waals surface area contributed by atoms with Gasteiger partial charge in [0.15, 0.2) is 0 Å². The van der Waals surface area contributed by atoms with Crippen molar-refractivity contribution >= 4 is 29.2 Å². The Morgan fingerprint density at radius 2 is 2.03 bits per heavy atom. The fourth-order valence-electron chi connectivity index (χ4n) is 3.65. The van der Waals surface area contributed by atoms with Gasteiger partial charge in [-0.1, -0.05) is 29.8 Å². The monoisotopic (exact) mass is 429 g/mol. The minimum atomic E-state index is -0.640. The molecule has 1 saturated heterocycles. The molecule has 6 nitrogen and oxygen atoms in total. The van der Waals surface area contributed by atoms with Crippen LogP contribution < -0.4 is 15.4 Å². The summed E-state index contributed by atoms with van der Waals surface area (Å²) in [4.78, 5) is 27.4. The lowest BCUT2D eigenvalue weighted by Gasteiger charge is -2.39. The summed E-state index contributed by atoms with van der Waals surface area (Å²) in [5, 5.41) is 6.50. The standard InChI is InChI=1S/C23H28ClN3O3/c1-16-8-9-18(13-20(16)24)26-22(29)27-11-5-10-23(2,15-27)21(28)25-14-17-6-4-7-19(12-17)30-3/h4,6-9,12-13H,5,10-11,14-15H2,1-3H3,(H,25,28)(H,26,29). The molecule has 7 heteroatoms. The van der Waals surface area contributed by atoms with Crippen LogP contribution in [0.3, 0.4) is 0 Å². The highest BCUT2D eigenvalue weighted by Crippen LogP contribution is 2.30. The van der Waals surface area contributed by atoms with Gasteiger partial charge in [-0.3, -0.25) is 4.79 Å². The maximum Gasteiger partial charge on any atom is 0.321 e. The van der Waals surface area contributed by atoms with Crippen molar-refractivity contribution in [3.63, 3.8) is 0 Å². The number of likely N-dealkylation sites (tertiary alicyclic amines) is 1. The number of halogens is 1. The molecule has 1 unspecified atom stereocenters. The summed E-state index contributed by atoms with van der Waals surface area (Å²) in [6, 6.07) is 12.8. The predicted molar refractivity (Wildman–Crippen MR) is 119 cm³/mol. The van der Waals surface area contributed by atoms with Crippen molar-refractivity contribution in [2.24, 2.45) is 5.41 Å². The van der Waals surface area contributed by atoms with Crippen LogP contribution in [-0.4, -0.2) is 37.0 Å². The van der Waals surface area contributed by atoms with E-state index in [-0.39, 0.29) is 11.9 Å². The Bertz CT molecular complexity index is 934. The number of hydrogen-bond donors (Lipinski definition) is 2. The molecule has 0 bridgehead atoms. The van der Waals surface area contributed by atoms with Crippen LogP contribution in [0.15, 0.2) is 42.5 Å². The minimum absolute atomic E-state index is 0.0544. The second kappa shape index (κ2) is 9.39. The highest BCUT2D eigenvalue weighted by Gasteiger charge is 2.39. The van der Waals surface area contributed by atoms with Crippen LogP contribution in [0.5, 0.6) is 5.75 Å². The molecule has 3 rings (SSSR count). The molecule has 0 aromatic heterocycles. The van der Waals surface area contributed by atoms with Gasteiger partial charge in [0.05, 0.1) is 12.5 Å². The van der Waals surface area contributed by atoms with Crippen molar-refractivity contribution in [3.8, 4) is 5.75 Å². The second-order valence-corrected chi connectivity index (χ2v) is 8.42. The van der Waals surface area contributed by atoms with E-state index < -0.39 is 5.41 Å². The molecule has 160 valence electrons. The first-order chi connectivity index (χ1) is 14.3. The molecule has 1 heterocycles. The van der Waals surface area contributed by atoms with Gasteiger partial charge >= 0.3 is 6.03 Å². The molecule has 1 fully saturated rings. The number of piperidine rings is 1. The van der Waals surface area contributed by atoms with E-state index in [2.05, 4.69) is 10.6 Å². The van der Waals surface area contributed by atoms with Gasteiger partial charge in [0.2, 0.25) is 5.91 Å². The molecule has 1 aliphatic heterocycles. The molecule has 30 heavy (non-hydrogen) atoms. The summed E-state index contributed by atoms with van der Waals surface area (Å²) in [6.07, 6.45) is 1.50. The minimum Gasteiger partial charge on any atom is -0.497 e. The van der Waals surface area contributed by atoms with Gasteiger partial charge in [-0.05, 0) is 62.1 Å². The smallest absolute Gasteiger partial charge is 0.321 e. The number of rotatable bonds is 5. The fraction of sp³-hybridized carbons (Fsp3) is 0.391. The van der Waals surface area contributed by atoms with Gasteiger partial charge in [-0.15, -0.1) is 0 Å². The number of carbonyl (C=O) groups is 2. The molecule has 0 saturated carbocycles. The Morgan fingerprint density at radius 3 is 2.77 bits per heavy atom. The first kappa shape index (κ1) is 22.0. The second-order valence-electron chi connectivity index (χ2n) is 8.01. The molecular formula is C23H28ClN3O3. The summed E-state index contributed by atoms with van der Waals surface area (Å²) >= 11 is 6.15. The first-order valence-corrected chi connectivity index (χ1v) is 10.4. The third kappa shape index (κ3) is 5.25. The van der Waals surface area contributed by atoms with Crippen LogP contribution in [0.4, 0.5) is 10.5 Å². The average Bonchev–Trinajstić information content (AvgIpc) is 2.74. The van der Waals surface area contributed by atoms with Crippen molar-refractivity contribution in [2.45, 2.75) is 33.2 Å². The van der Waals surface area contributed by atoms with Crippen molar-refractivity contribution < 1.29 is 14.3 Å². The summed E-state index contributed by atoms with van der Waals surface area (Å²) in [5.41, 5.74) is 1.92. The number of aryl methyl sites for hydroxylation is 1. The van der Waals surface area contributed by atoms with Gasteiger partial charge < -0.3 is 20.3 Å². The molecule has 2 N–H and O–H groups in total. The largest absolute Gasteiger partial charge is 0.497 e. The highest BCUT2D eigenvalue weighted by molar-refractivity contribution is 6.31. The number of methoxy groups -OCH3 is 1. The highest BCUT2D eigenvalue weighted by atomic mass is 35.5. The molecular weight excluding hydrogens is 402 g/mol. The van der Waals surface area contributed by atoms with E-state index in [0.717, 1.165) is 29.7 Å². The molecule has 1 atom stereocenters. The average molecular weight is 430 g/mol. The summed E-state index contributed by atoms with van der Waals surface area (Å²) < 4.78 is 5.23. The Morgan fingerprint density at radius 1 is 1.23 bits per heavy atom. The van der Waals surface area contributed by atoms with E-state index >= 15 is 0 Å². The van der Waals surface area contributed by atoms with E-state index in [0.29, 0.717) is 30.3 Å². The third-order valence-corrected chi connectivity index (χ3v) is 5.95. The molecule has 0 spiro atoms. The molecule has 0 radical (unpaired) electrons. The van der Waals surface area contributed by atoms with Crippen molar-refractivity contribution in [3.05, 3.63) is 58.6 Å². The van der Waals surface area contributed by atoms with Crippen molar-refractivity contribution in [1.29, 1.82) is 0 Å². The van der Waals surface area contributed by atoms with E-state index in [1.807, 2.05) is 50.2 Å². The number of hydrogen-bond acceptors (Lipinski definition) is 3. The summed E-state index contributed by atoms with van der Waals surface area (Å²) in [6.45, 7) is 5.22.